The van der Waals surface area contributed by atoms with Gasteiger partial charge in [-0.05, 0) is 34.1 Å². The van der Waals surface area contributed by atoms with Crippen LogP contribution in [0, 0.1) is 0 Å². The third-order valence-electron chi connectivity index (χ3n) is 1.99. The zero-order valence-electron chi connectivity index (χ0n) is 7.89. The summed E-state index contributed by atoms with van der Waals surface area (Å²) in [7, 11) is 0. The number of carbonyl (C=O) groups is 1. The van der Waals surface area contributed by atoms with Crippen molar-refractivity contribution in [1.82, 2.24) is 9.78 Å². The van der Waals surface area contributed by atoms with Crippen LogP contribution in [-0.2, 0) is 0 Å². The monoisotopic (exact) mass is 344 g/mol. The molecule has 6 heteroatoms. The molecule has 0 saturated heterocycles. The molecule has 0 fully saturated rings. The largest absolute Gasteiger partial charge is 0.478 e. The number of aromatic carboxylic acids is 1. The molecule has 82 valence electrons. The van der Waals surface area contributed by atoms with Crippen molar-refractivity contribution in [2.45, 2.75) is 0 Å². The summed E-state index contributed by atoms with van der Waals surface area (Å²) < 4.78 is 3.11. The fraction of sp³-hybridized carbons (Fsp3) is 0. The summed E-state index contributed by atoms with van der Waals surface area (Å²) in [4.78, 5) is 11.0. The number of halogens is 2. The number of hydrogen-bond acceptors (Lipinski definition) is 2. The van der Waals surface area contributed by atoms with Crippen LogP contribution in [0.25, 0.3) is 5.69 Å². The molecule has 0 aliphatic rings. The van der Waals surface area contributed by atoms with Gasteiger partial charge in [-0.2, -0.15) is 5.10 Å². The molecule has 0 bridgehead atoms. The minimum absolute atomic E-state index is 0.207. The van der Waals surface area contributed by atoms with Gasteiger partial charge < -0.3 is 5.11 Å². The Bertz CT molecular complexity index is 552. The second kappa shape index (κ2) is 4.39. The predicted molar refractivity (Wildman–Crippen MR) is 65.9 cm³/mol. The molecule has 1 aromatic carbocycles. The highest BCUT2D eigenvalue weighted by Gasteiger charge is 2.12. The SMILES string of the molecule is O=C(O)c1ccc(Br)cc1-n1cc(Br)cn1. The van der Waals surface area contributed by atoms with Crippen molar-refractivity contribution in [3.63, 3.8) is 0 Å². The lowest BCUT2D eigenvalue weighted by atomic mass is 10.2. The summed E-state index contributed by atoms with van der Waals surface area (Å²) in [6.07, 6.45) is 3.31. The van der Waals surface area contributed by atoms with Gasteiger partial charge in [0, 0.05) is 10.7 Å². The van der Waals surface area contributed by atoms with Gasteiger partial charge in [-0.15, -0.1) is 0 Å². The average Bonchev–Trinajstić information content (AvgIpc) is 2.64. The maximum absolute atomic E-state index is 11.0. The Balaban J connectivity index is 2.62. The van der Waals surface area contributed by atoms with Crippen LogP contribution in [0.2, 0.25) is 0 Å². The molecule has 2 rings (SSSR count). The smallest absolute Gasteiger partial charge is 0.337 e. The van der Waals surface area contributed by atoms with Crippen molar-refractivity contribution in [2.75, 3.05) is 0 Å². The first-order chi connectivity index (χ1) is 7.58. The van der Waals surface area contributed by atoms with Crippen molar-refractivity contribution in [1.29, 1.82) is 0 Å². The van der Waals surface area contributed by atoms with Crippen molar-refractivity contribution in [3.8, 4) is 5.69 Å². The lowest BCUT2D eigenvalue weighted by Gasteiger charge is -2.06. The molecule has 1 heterocycles. The number of hydrogen-bond donors (Lipinski definition) is 1. The fourth-order valence-corrected chi connectivity index (χ4v) is 1.94. The van der Waals surface area contributed by atoms with Crippen LogP contribution in [0.1, 0.15) is 10.4 Å². The Morgan fingerprint density at radius 1 is 1.31 bits per heavy atom. The molecule has 0 amide bonds. The molecule has 0 unspecified atom stereocenters. The molecule has 16 heavy (non-hydrogen) atoms. The minimum atomic E-state index is -0.978. The molecule has 2 aromatic rings. The summed E-state index contributed by atoms with van der Waals surface area (Å²) in [5, 5.41) is 13.1. The minimum Gasteiger partial charge on any atom is -0.478 e. The standard InChI is InChI=1S/C10H6Br2N2O2/c11-6-1-2-8(10(15)16)9(3-6)14-5-7(12)4-13-14/h1-5H,(H,15,16). The molecule has 0 atom stereocenters. The molecule has 0 saturated carbocycles. The van der Waals surface area contributed by atoms with Crippen LogP contribution >= 0.6 is 31.9 Å². The average molecular weight is 346 g/mol. The summed E-state index contributed by atoms with van der Waals surface area (Å²) in [6, 6.07) is 4.94. The van der Waals surface area contributed by atoms with Crippen molar-refractivity contribution >= 4 is 37.8 Å². The molecule has 0 aliphatic heterocycles. The second-order valence-corrected chi connectivity index (χ2v) is 4.90. The van der Waals surface area contributed by atoms with E-state index in [9.17, 15) is 4.79 Å². The van der Waals surface area contributed by atoms with E-state index in [1.165, 1.54) is 10.7 Å². The quantitative estimate of drug-likeness (QED) is 0.909. The fourth-order valence-electron chi connectivity index (χ4n) is 1.31. The van der Waals surface area contributed by atoms with Gasteiger partial charge in [-0.1, -0.05) is 15.9 Å². The topological polar surface area (TPSA) is 55.1 Å². The summed E-state index contributed by atoms with van der Waals surface area (Å²) in [5.74, 6) is -0.978. The van der Waals surface area contributed by atoms with E-state index in [0.29, 0.717) is 5.69 Å². The van der Waals surface area contributed by atoms with E-state index in [4.69, 9.17) is 5.11 Å². The molecular weight excluding hydrogens is 340 g/mol. The van der Waals surface area contributed by atoms with E-state index in [-0.39, 0.29) is 5.56 Å². The van der Waals surface area contributed by atoms with Gasteiger partial charge in [-0.3, -0.25) is 0 Å². The maximum atomic E-state index is 11.0. The highest BCUT2D eigenvalue weighted by Crippen LogP contribution is 2.21. The normalized spacial score (nSPS) is 10.4. The number of benzene rings is 1. The van der Waals surface area contributed by atoms with E-state index in [0.717, 1.165) is 8.95 Å². The van der Waals surface area contributed by atoms with Crippen molar-refractivity contribution in [3.05, 3.63) is 45.1 Å². The summed E-state index contributed by atoms with van der Waals surface area (Å²) in [6.45, 7) is 0. The van der Waals surface area contributed by atoms with E-state index in [1.807, 2.05) is 0 Å². The van der Waals surface area contributed by atoms with E-state index >= 15 is 0 Å². The lowest BCUT2D eigenvalue weighted by Crippen LogP contribution is -2.05. The molecular formula is C10H6Br2N2O2. The first-order valence-electron chi connectivity index (χ1n) is 4.31. The number of aromatic nitrogens is 2. The van der Waals surface area contributed by atoms with Gasteiger partial charge in [-0.25, -0.2) is 9.48 Å². The van der Waals surface area contributed by atoms with Gasteiger partial charge in [0.05, 0.1) is 21.9 Å². The van der Waals surface area contributed by atoms with Crippen LogP contribution in [-0.4, -0.2) is 20.9 Å². The van der Waals surface area contributed by atoms with Crippen LogP contribution in [0.5, 0.6) is 0 Å². The first kappa shape index (κ1) is 11.3. The summed E-state index contributed by atoms with van der Waals surface area (Å²) >= 11 is 6.57. The molecule has 0 radical (unpaired) electrons. The molecule has 0 aliphatic carbocycles. The summed E-state index contributed by atoms with van der Waals surface area (Å²) in [5.41, 5.74) is 0.728. The van der Waals surface area contributed by atoms with Crippen LogP contribution in [0.4, 0.5) is 0 Å². The number of rotatable bonds is 2. The molecule has 4 nitrogen and oxygen atoms in total. The Morgan fingerprint density at radius 3 is 2.62 bits per heavy atom. The molecule has 1 N–H and O–H groups in total. The first-order valence-corrected chi connectivity index (χ1v) is 5.90. The zero-order chi connectivity index (χ0) is 11.7. The number of carboxylic acid groups (broad SMARTS) is 1. The van der Waals surface area contributed by atoms with Gasteiger partial charge in [0.25, 0.3) is 0 Å². The highest BCUT2D eigenvalue weighted by molar-refractivity contribution is 9.10. The number of nitrogens with zero attached hydrogens (tertiary/aromatic N) is 2. The van der Waals surface area contributed by atoms with Gasteiger partial charge in [0.1, 0.15) is 0 Å². The Labute approximate surface area is 108 Å². The van der Waals surface area contributed by atoms with Crippen LogP contribution in [0.3, 0.4) is 0 Å². The second-order valence-electron chi connectivity index (χ2n) is 3.07. The predicted octanol–water partition coefficient (Wildman–Crippen LogP) is 3.10. The van der Waals surface area contributed by atoms with Gasteiger partial charge in [0.2, 0.25) is 0 Å². The Kier molecular flexibility index (Phi) is 3.11. The van der Waals surface area contributed by atoms with E-state index in [2.05, 4.69) is 37.0 Å². The third-order valence-corrected chi connectivity index (χ3v) is 2.89. The zero-order valence-corrected chi connectivity index (χ0v) is 11.1. The highest BCUT2D eigenvalue weighted by atomic mass is 79.9. The maximum Gasteiger partial charge on any atom is 0.337 e. The number of carboxylic acids is 1. The van der Waals surface area contributed by atoms with Gasteiger partial charge >= 0.3 is 5.97 Å². The Morgan fingerprint density at radius 2 is 2.06 bits per heavy atom. The Hall–Kier alpha value is -1.14. The third kappa shape index (κ3) is 2.17. The van der Waals surface area contributed by atoms with E-state index in [1.54, 1.807) is 24.5 Å². The molecule has 0 spiro atoms. The van der Waals surface area contributed by atoms with Gasteiger partial charge in [0.15, 0.2) is 0 Å². The van der Waals surface area contributed by atoms with Crippen molar-refractivity contribution < 1.29 is 9.90 Å². The lowest BCUT2D eigenvalue weighted by molar-refractivity contribution is 0.0696. The molecule has 1 aromatic heterocycles. The van der Waals surface area contributed by atoms with E-state index < -0.39 is 5.97 Å². The van der Waals surface area contributed by atoms with Crippen LogP contribution < -0.4 is 0 Å². The van der Waals surface area contributed by atoms with Crippen molar-refractivity contribution in [2.24, 2.45) is 0 Å². The van der Waals surface area contributed by atoms with Crippen LogP contribution in [0.15, 0.2) is 39.5 Å².